The van der Waals surface area contributed by atoms with Gasteiger partial charge in [0.1, 0.15) is 0 Å². The highest BCUT2D eigenvalue weighted by Gasteiger charge is 2.14. The fourth-order valence-electron chi connectivity index (χ4n) is 1.38. The fourth-order valence-corrected chi connectivity index (χ4v) is 2.50. The molecule has 0 saturated heterocycles. The number of benzene rings is 1. The second-order valence-electron chi connectivity index (χ2n) is 3.79. The molecule has 0 aliphatic rings. The van der Waals surface area contributed by atoms with E-state index in [0.29, 0.717) is 19.5 Å². The third-order valence-corrected chi connectivity index (χ3v) is 3.81. The summed E-state index contributed by atoms with van der Waals surface area (Å²) in [7, 11) is -3.60. The van der Waals surface area contributed by atoms with Gasteiger partial charge in [0.2, 0.25) is 15.9 Å². The zero-order chi connectivity index (χ0) is 13.6. The van der Waals surface area contributed by atoms with Crippen molar-refractivity contribution in [1.82, 2.24) is 4.72 Å². The van der Waals surface area contributed by atoms with Gasteiger partial charge in [-0.15, -0.1) is 0 Å². The lowest BCUT2D eigenvalue weighted by Crippen LogP contribution is -2.25. The van der Waals surface area contributed by atoms with E-state index >= 15 is 0 Å². The zero-order valence-corrected chi connectivity index (χ0v) is 10.7. The molecule has 5 N–H and O–H groups in total. The molecule has 0 aliphatic heterocycles. The first-order valence-corrected chi connectivity index (χ1v) is 7.05. The average Bonchev–Trinajstić information content (AvgIpc) is 2.35. The van der Waals surface area contributed by atoms with Crippen LogP contribution in [0.25, 0.3) is 0 Å². The topological polar surface area (TPSA) is 115 Å². The van der Waals surface area contributed by atoms with Gasteiger partial charge >= 0.3 is 0 Å². The Morgan fingerprint density at radius 3 is 2.61 bits per heavy atom. The maximum atomic E-state index is 11.9. The van der Waals surface area contributed by atoms with Gasteiger partial charge in [0.15, 0.2) is 0 Å². The van der Waals surface area contributed by atoms with Crippen molar-refractivity contribution in [3.05, 3.63) is 29.8 Å². The van der Waals surface area contributed by atoms with Crippen LogP contribution in [0.1, 0.15) is 23.2 Å². The van der Waals surface area contributed by atoms with Crippen molar-refractivity contribution in [1.29, 1.82) is 0 Å². The molecular formula is C11H17N3O3S. The smallest absolute Gasteiger partial charge is 0.248 e. The molecule has 1 aromatic carbocycles. The molecule has 18 heavy (non-hydrogen) atoms. The SMILES string of the molecule is NCCCCNS(=O)(=O)c1cccc(C(N)=O)c1. The largest absolute Gasteiger partial charge is 0.366 e. The first-order chi connectivity index (χ1) is 8.47. The number of sulfonamides is 1. The standard InChI is InChI=1S/C11H17N3O3S/c12-6-1-2-7-14-18(16,17)10-5-3-4-9(8-10)11(13)15/h3-5,8,14H,1-2,6-7,12H2,(H2,13,15). The molecule has 0 radical (unpaired) electrons. The van der Waals surface area contributed by atoms with Gasteiger partial charge in [-0.2, -0.15) is 0 Å². The Balaban J connectivity index is 2.78. The summed E-state index contributed by atoms with van der Waals surface area (Å²) in [5.74, 6) is -0.657. The molecule has 1 amide bonds. The number of carbonyl (C=O) groups is 1. The van der Waals surface area contributed by atoms with E-state index in [-0.39, 0.29) is 10.5 Å². The predicted octanol–water partition coefficient (Wildman–Crippen LogP) is -0.197. The van der Waals surface area contributed by atoms with E-state index in [0.717, 1.165) is 6.42 Å². The third-order valence-electron chi connectivity index (χ3n) is 2.35. The second kappa shape index (κ2) is 6.48. The van der Waals surface area contributed by atoms with Crippen LogP contribution < -0.4 is 16.2 Å². The van der Waals surface area contributed by atoms with Gasteiger partial charge in [-0.3, -0.25) is 4.79 Å². The molecule has 0 bridgehead atoms. The maximum Gasteiger partial charge on any atom is 0.248 e. The summed E-state index contributed by atoms with van der Waals surface area (Å²) in [6.45, 7) is 0.846. The second-order valence-corrected chi connectivity index (χ2v) is 5.55. The van der Waals surface area contributed by atoms with Crippen molar-refractivity contribution in [2.24, 2.45) is 11.5 Å². The van der Waals surface area contributed by atoms with Crippen LogP contribution in [0.4, 0.5) is 0 Å². The number of unbranched alkanes of at least 4 members (excludes halogenated alkanes) is 1. The molecule has 1 aromatic rings. The van der Waals surface area contributed by atoms with Crippen LogP contribution in [0.2, 0.25) is 0 Å². The summed E-state index contributed by atoms with van der Waals surface area (Å²) in [5.41, 5.74) is 10.6. The van der Waals surface area contributed by atoms with Gasteiger partial charge in [0.25, 0.3) is 0 Å². The van der Waals surface area contributed by atoms with E-state index in [4.69, 9.17) is 11.5 Å². The van der Waals surface area contributed by atoms with Crippen LogP contribution in [-0.2, 0) is 10.0 Å². The molecule has 7 heteroatoms. The van der Waals surface area contributed by atoms with Crippen LogP contribution in [0.3, 0.4) is 0 Å². The van der Waals surface area contributed by atoms with Gasteiger partial charge in [0, 0.05) is 12.1 Å². The van der Waals surface area contributed by atoms with E-state index in [1.807, 2.05) is 0 Å². The zero-order valence-electron chi connectivity index (χ0n) is 9.93. The van der Waals surface area contributed by atoms with Crippen LogP contribution in [0.15, 0.2) is 29.2 Å². The molecule has 0 fully saturated rings. The van der Waals surface area contributed by atoms with Gasteiger partial charge in [0.05, 0.1) is 4.90 Å². The van der Waals surface area contributed by atoms with E-state index < -0.39 is 15.9 Å². The Hall–Kier alpha value is -1.44. The number of nitrogens with two attached hydrogens (primary N) is 2. The van der Waals surface area contributed by atoms with Gasteiger partial charge in [-0.05, 0) is 37.6 Å². The van der Waals surface area contributed by atoms with Gasteiger partial charge in [-0.25, -0.2) is 13.1 Å². The molecule has 0 saturated carbocycles. The highest BCUT2D eigenvalue weighted by atomic mass is 32.2. The number of hydrogen-bond donors (Lipinski definition) is 3. The molecule has 0 aliphatic carbocycles. The Kier molecular flexibility index (Phi) is 5.26. The fraction of sp³-hybridized carbons (Fsp3) is 0.364. The monoisotopic (exact) mass is 271 g/mol. The molecule has 0 heterocycles. The summed E-state index contributed by atoms with van der Waals surface area (Å²) >= 11 is 0. The molecule has 0 atom stereocenters. The Morgan fingerprint density at radius 2 is 2.00 bits per heavy atom. The number of rotatable bonds is 7. The van der Waals surface area contributed by atoms with Crippen molar-refractivity contribution in [2.75, 3.05) is 13.1 Å². The first kappa shape index (κ1) is 14.6. The van der Waals surface area contributed by atoms with E-state index in [1.165, 1.54) is 24.3 Å². The molecule has 1 rings (SSSR count). The molecule has 0 spiro atoms. The first-order valence-electron chi connectivity index (χ1n) is 5.57. The lowest BCUT2D eigenvalue weighted by Gasteiger charge is -2.07. The Morgan fingerprint density at radius 1 is 1.28 bits per heavy atom. The van der Waals surface area contributed by atoms with Crippen LogP contribution in [0, 0.1) is 0 Å². The summed E-state index contributed by atoms with van der Waals surface area (Å²) < 4.78 is 26.2. The van der Waals surface area contributed by atoms with Crippen molar-refractivity contribution >= 4 is 15.9 Å². The summed E-state index contributed by atoms with van der Waals surface area (Å²) in [6, 6.07) is 5.62. The summed E-state index contributed by atoms with van der Waals surface area (Å²) in [4.78, 5) is 11.0. The minimum atomic E-state index is -3.60. The van der Waals surface area contributed by atoms with E-state index in [1.54, 1.807) is 0 Å². The summed E-state index contributed by atoms with van der Waals surface area (Å²) in [5, 5.41) is 0. The van der Waals surface area contributed by atoms with Gasteiger partial charge in [-0.1, -0.05) is 6.07 Å². The van der Waals surface area contributed by atoms with Crippen molar-refractivity contribution in [3.63, 3.8) is 0 Å². The van der Waals surface area contributed by atoms with Crippen molar-refractivity contribution in [2.45, 2.75) is 17.7 Å². The van der Waals surface area contributed by atoms with Crippen LogP contribution >= 0.6 is 0 Å². The van der Waals surface area contributed by atoms with Crippen LogP contribution in [-0.4, -0.2) is 27.4 Å². The average molecular weight is 271 g/mol. The lowest BCUT2D eigenvalue weighted by atomic mass is 10.2. The molecular weight excluding hydrogens is 254 g/mol. The van der Waals surface area contributed by atoms with Crippen molar-refractivity contribution in [3.8, 4) is 0 Å². The number of nitrogens with one attached hydrogen (secondary N) is 1. The number of amides is 1. The van der Waals surface area contributed by atoms with Crippen LogP contribution in [0.5, 0.6) is 0 Å². The predicted molar refractivity (Wildman–Crippen MR) is 68.4 cm³/mol. The minimum absolute atomic E-state index is 0.0338. The van der Waals surface area contributed by atoms with Gasteiger partial charge < -0.3 is 11.5 Å². The van der Waals surface area contributed by atoms with E-state index in [9.17, 15) is 13.2 Å². The minimum Gasteiger partial charge on any atom is -0.366 e. The van der Waals surface area contributed by atoms with E-state index in [2.05, 4.69) is 4.72 Å². The highest BCUT2D eigenvalue weighted by Crippen LogP contribution is 2.11. The number of primary amides is 1. The molecule has 6 nitrogen and oxygen atoms in total. The molecule has 0 aromatic heterocycles. The summed E-state index contributed by atoms with van der Waals surface area (Å²) in [6.07, 6.45) is 1.43. The number of carbonyl (C=O) groups excluding carboxylic acids is 1. The Labute approximate surface area is 106 Å². The molecule has 100 valence electrons. The highest BCUT2D eigenvalue weighted by molar-refractivity contribution is 7.89. The maximum absolute atomic E-state index is 11.9. The van der Waals surface area contributed by atoms with Crippen molar-refractivity contribution < 1.29 is 13.2 Å². The molecule has 0 unspecified atom stereocenters. The third kappa shape index (κ3) is 4.10. The Bertz CT molecular complexity index is 514. The number of hydrogen-bond acceptors (Lipinski definition) is 4. The lowest BCUT2D eigenvalue weighted by molar-refractivity contribution is 0.1000. The quantitative estimate of drug-likeness (QED) is 0.596. The normalized spacial score (nSPS) is 11.4.